The van der Waals surface area contributed by atoms with Crippen LogP contribution in [0, 0.1) is 11.6 Å². The van der Waals surface area contributed by atoms with E-state index in [1.54, 1.807) is 18.5 Å². The van der Waals surface area contributed by atoms with Gasteiger partial charge >= 0.3 is 28.3 Å². The molecule has 0 atom stereocenters. The molecular formula is C16H15Br2CuF2N4. The van der Waals surface area contributed by atoms with Crippen molar-refractivity contribution in [3.63, 3.8) is 0 Å². The van der Waals surface area contributed by atoms with Gasteiger partial charge in [-0.15, -0.1) is 0 Å². The Kier molecular flexibility index (Phi) is 8.61. The molecule has 9 heteroatoms. The normalized spacial score (nSPS) is 9.68. The predicted molar refractivity (Wildman–Crippen MR) is 103 cm³/mol. The Labute approximate surface area is 166 Å². The van der Waals surface area contributed by atoms with Gasteiger partial charge in [-0.2, -0.15) is 0 Å². The van der Waals surface area contributed by atoms with Gasteiger partial charge in [-0.1, -0.05) is 0 Å². The molecule has 0 radical (unpaired) electrons. The third kappa shape index (κ3) is 5.29. The fraction of sp³-hybridized carbons (Fsp3) is 0. The first-order valence-electron chi connectivity index (χ1n) is 6.60. The molecule has 2 aromatic heterocycles. The summed E-state index contributed by atoms with van der Waals surface area (Å²) in [7, 11) is 0. The van der Waals surface area contributed by atoms with Crippen LogP contribution in [0.15, 0.2) is 53.3 Å². The van der Waals surface area contributed by atoms with Gasteiger partial charge in [0, 0.05) is 27.6 Å². The Morgan fingerprint density at radius 3 is 1.92 bits per heavy atom. The van der Waals surface area contributed by atoms with Crippen molar-refractivity contribution in [2.24, 2.45) is 0 Å². The number of anilines is 1. The Bertz CT molecular complexity index is 878. The first-order chi connectivity index (χ1) is 11.5. The average Bonchev–Trinajstić information content (AvgIpc) is 3.18. The molecule has 0 aliphatic heterocycles. The summed E-state index contributed by atoms with van der Waals surface area (Å²) in [5.74, 6) is -0.515. The number of aromatic nitrogens is 2. The maximum absolute atomic E-state index is 12.7. The van der Waals surface area contributed by atoms with E-state index in [1.165, 1.54) is 24.3 Å². The molecule has 2 heterocycles. The number of H-pyrrole nitrogens is 2. The van der Waals surface area contributed by atoms with Crippen molar-refractivity contribution in [3.8, 4) is 0 Å². The van der Waals surface area contributed by atoms with Crippen LogP contribution in [0.5, 0.6) is 0 Å². The summed E-state index contributed by atoms with van der Waals surface area (Å²) in [5, 5.41) is 1.69. The Hall–Kier alpha value is -1.38. The molecule has 4 rings (SSSR count). The van der Waals surface area contributed by atoms with Gasteiger partial charge in [-0.05, 0) is 52.3 Å². The fourth-order valence-electron chi connectivity index (χ4n) is 2.25. The summed E-state index contributed by atoms with van der Waals surface area (Å²) >= 11 is 9.76. The molecular weight excluding hydrogens is 510 g/mol. The second-order valence-electron chi connectivity index (χ2n) is 4.77. The average molecular weight is 525 g/mol. The zero-order valence-electron chi connectivity index (χ0n) is 12.7. The van der Waals surface area contributed by atoms with E-state index in [-0.39, 0.29) is 17.8 Å². The van der Waals surface area contributed by atoms with Crippen LogP contribution < -0.4 is 11.9 Å². The van der Waals surface area contributed by atoms with Gasteiger partial charge in [-0.25, -0.2) is 8.78 Å². The van der Waals surface area contributed by atoms with Crippen molar-refractivity contribution in [2.75, 3.05) is 5.73 Å². The molecule has 0 fully saturated rings. The summed E-state index contributed by atoms with van der Waals surface area (Å²) in [6.45, 7) is 0. The second-order valence-corrected chi connectivity index (χ2v) is 5.62. The van der Waals surface area contributed by atoms with E-state index >= 15 is 0 Å². The summed E-state index contributed by atoms with van der Waals surface area (Å²) in [5.41, 5.74) is 7.71. The van der Waals surface area contributed by atoms with E-state index in [2.05, 4.69) is 54.2 Å². The molecule has 0 aliphatic carbocycles. The van der Waals surface area contributed by atoms with E-state index < -0.39 is 0 Å². The van der Waals surface area contributed by atoms with Crippen molar-refractivity contribution >= 4 is 57.5 Å². The minimum absolute atomic E-state index is 0. The molecule has 4 nitrogen and oxygen atoms in total. The predicted octanol–water partition coefficient (Wildman–Crippen LogP) is 5.96. The van der Waals surface area contributed by atoms with Crippen LogP contribution in [0.1, 0.15) is 0 Å². The molecule has 25 heavy (non-hydrogen) atoms. The van der Waals surface area contributed by atoms with Crippen LogP contribution in [0.3, 0.4) is 0 Å². The van der Waals surface area contributed by atoms with Crippen molar-refractivity contribution in [1.82, 2.24) is 16.1 Å². The summed E-state index contributed by atoms with van der Waals surface area (Å²) in [6.07, 6.45) is 3.52. The van der Waals surface area contributed by atoms with E-state index in [9.17, 15) is 8.78 Å². The van der Waals surface area contributed by atoms with Crippen LogP contribution in [-0.2, 0) is 14.2 Å². The monoisotopic (exact) mass is 522 g/mol. The number of rotatable bonds is 0. The molecule has 0 saturated carbocycles. The number of benzene rings is 2. The van der Waals surface area contributed by atoms with Gasteiger partial charge in [0.25, 0.3) is 0 Å². The Balaban J connectivity index is 0.000000220. The van der Waals surface area contributed by atoms with Crippen molar-refractivity contribution < 1.29 is 23.0 Å². The summed E-state index contributed by atoms with van der Waals surface area (Å²) in [6, 6.07) is 9.31. The quantitative estimate of drug-likeness (QED) is 0.169. The zero-order valence-corrected chi connectivity index (χ0v) is 16.8. The first kappa shape index (κ1) is 21.7. The number of nitrogen functional groups attached to an aromatic ring is 1. The molecule has 0 aliphatic rings. The zero-order chi connectivity index (χ0) is 17.7. The molecule has 0 bridgehead atoms. The molecule has 7 N–H and O–H groups in total. The van der Waals surface area contributed by atoms with Crippen LogP contribution in [0.4, 0.5) is 14.5 Å². The fourth-order valence-corrected chi connectivity index (χ4v) is 2.82. The number of fused-ring (bicyclic) bond motifs is 2. The topological polar surface area (TPSA) is 92.6 Å². The van der Waals surface area contributed by atoms with Crippen LogP contribution in [0.2, 0.25) is 0 Å². The summed E-state index contributed by atoms with van der Waals surface area (Å²) < 4.78 is 26.2. The van der Waals surface area contributed by atoms with Crippen LogP contribution in [0.25, 0.3) is 21.8 Å². The first-order valence-corrected chi connectivity index (χ1v) is 9.72. The molecule has 4 aromatic rings. The Morgan fingerprint density at radius 2 is 1.32 bits per heavy atom. The number of hydrogen-bond acceptors (Lipinski definition) is 2. The van der Waals surface area contributed by atoms with E-state index in [0.717, 1.165) is 26.3 Å². The van der Waals surface area contributed by atoms with Crippen molar-refractivity contribution in [2.45, 2.75) is 0 Å². The third-order valence-electron chi connectivity index (χ3n) is 3.23. The van der Waals surface area contributed by atoms with E-state index in [1.807, 2.05) is 6.07 Å². The van der Waals surface area contributed by atoms with E-state index in [0.29, 0.717) is 5.69 Å². The van der Waals surface area contributed by atoms with Gasteiger partial charge in [0.2, 0.25) is 0 Å². The SMILES string of the molecule is Fc1cc(Br)c2[nH]ccc2c1.N.Nc1cc(F)cc2cc[nH]c12.[Cu][Br]. The van der Waals surface area contributed by atoms with Crippen LogP contribution in [-0.4, -0.2) is 9.97 Å². The van der Waals surface area contributed by atoms with Gasteiger partial charge in [0.15, 0.2) is 0 Å². The number of halogens is 4. The number of aromatic amines is 2. The Morgan fingerprint density at radius 1 is 0.840 bits per heavy atom. The molecule has 138 valence electrons. The van der Waals surface area contributed by atoms with E-state index in [4.69, 9.17) is 5.73 Å². The standard InChI is InChI=1S/C8H5BrFN.C8H7FN2.BrH.Cu.H3N/c9-7-4-6(10)3-5-1-2-11-8(5)7;9-6-3-5-1-2-11-8(5)7(10)4-6;;;/h1-4,11H;1-4,11H,10H2;1H;;1H3/q;;;+1;/p-1. The van der Waals surface area contributed by atoms with Crippen LogP contribution >= 0.6 is 30.0 Å². The van der Waals surface area contributed by atoms with Crippen molar-refractivity contribution in [3.05, 3.63) is 64.9 Å². The van der Waals surface area contributed by atoms with Gasteiger partial charge in [-0.3, -0.25) is 0 Å². The minimum atomic E-state index is -0.297. The number of nitrogens with two attached hydrogens (primary N) is 1. The molecule has 0 saturated heterocycles. The van der Waals surface area contributed by atoms with Gasteiger partial charge in [0.1, 0.15) is 11.6 Å². The molecule has 0 spiro atoms. The maximum atomic E-state index is 12.7. The van der Waals surface area contributed by atoms with Crippen molar-refractivity contribution in [1.29, 1.82) is 0 Å². The second kappa shape index (κ2) is 9.94. The molecule has 0 unspecified atom stereocenters. The molecule has 0 amide bonds. The number of hydrogen-bond donors (Lipinski definition) is 4. The van der Waals surface area contributed by atoms with Gasteiger partial charge < -0.3 is 21.9 Å². The summed E-state index contributed by atoms with van der Waals surface area (Å²) in [4.78, 5) is 5.92. The third-order valence-corrected chi connectivity index (χ3v) is 3.86. The molecule has 2 aromatic carbocycles. The van der Waals surface area contributed by atoms with Gasteiger partial charge in [0.05, 0.1) is 16.7 Å². The number of nitrogens with one attached hydrogen (secondary N) is 2.